The van der Waals surface area contributed by atoms with Crippen molar-refractivity contribution in [3.05, 3.63) is 89.4 Å². The SMILES string of the molecule is COc1cc2[nH]cc(C(=O)C(Br)c3ccc(F)cc3OCCOCc3ccccc3)c2cc1OC(F)(F)F. The van der Waals surface area contributed by atoms with Crippen LogP contribution in [0.4, 0.5) is 17.6 Å². The van der Waals surface area contributed by atoms with Gasteiger partial charge in [0, 0.05) is 34.8 Å². The minimum Gasteiger partial charge on any atom is -0.493 e. The predicted octanol–water partition coefficient (Wildman–Crippen LogP) is 7.13. The number of carbonyl (C=O) groups excluding carboxylic acids is 1. The number of alkyl halides is 4. The molecule has 1 heterocycles. The number of hydrogen-bond donors (Lipinski definition) is 1. The summed E-state index contributed by atoms with van der Waals surface area (Å²) in [5.74, 6) is -1.67. The first-order valence-electron chi connectivity index (χ1n) is 11.3. The van der Waals surface area contributed by atoms with E-state index in [9.17, 15) is 22.4 Å². The molecule has 1 N–H and O–H groups in total. The molecule has 4 aromatic rings. The van der Waals surface area contributed by atoms with E-state index < -0.39 is 28.5 Å². The third kappa shape index (κ3) is 6.65. The van der Waals surface area contributed by atoms with Gasteiger partial charge in [-0.2, -0.15) is 0 Å². The number of ether oxygens (including phenoxy) is 4. The second-order valence-electron chi connectivity index (χ2n) is 8.09. The number of carbonyl (C=O) groups is 1. The van der Waals surface area contributed by atoms with Gasteiger partial charge in [-0.25, -0.2) is 4.39 Å². The van der Waals surface area contributed by atoms with Gasteiger partial charge in [-0.05, 0) is 17.7 Å². The molecule has 0 bridgehead atoms. The topological polar surface area (TPSA) is 69.8 Å². The molecule has 0 aliphatic rings. The van der Waals surface area contributed by atoms with Gasteiger partial charge in [0.05, 0.1) is 25.8 Å². The summed E-state index contributed by atoms with van der Waals surface area (Å²) in [4.78, 5) is 15.3. The lowest BCUT2D eigenvalue weighted by Crippen LogP contribution is -2.17. The fourth-order valence-corrected chi connectivity index (χ4v) is 4.42. The summed E-state index contributed by atoms with van der Waals surface area (Å²) in [5.41, 5.74) is 1.79. The van der Waals surface area contributed by atoms with E-state index in [1.165, 1.54) is 31.5 Å². The predicted molar refractivity (Wildman–Crippen MR) is 136 cm³/mol. The van der Waals surface area contributed by atoms with Crippen molar-refractivity contribution in [2.75, 3.05) is 20.3 Å². The lowest BCUT2D eigenvalue weighted by atomic mass is 10.0. The Labute approximate surface area is 223 Å². The number of methoxy groups -OCH3 is 1. The van der Waals surface area contributed by atoms with Gasteiger partial charge < -0.3 is 23.9 Å². The second-order valence-corrected chi connectivity index (χ2v) is 9.01. The monoisotopic (exact) mass is 595 g/mol. The molecule has 11 heteroatoms. The summed E-state index contributed by atoms with van der Waals surface area (Å²) >= 11 is 3.35. The first-order chi connectivity index (χ1) is 18.2. The van der Waals surface area contributed by atoms with E-state index in [0.717, 1.165) is 17.7 Å². The number of ketones is 1. The Morgan fingerprint density at radius 1 is 1.00 bits per heavy atom. The molecule has 3 aromatic carbocycles. The van der Waals surface area contributed by atoms with Gasteiger partial charge in [0.1, 0.15) is 23.0 Å². The molecule has 1 unspecified atom stereocenters. The van der Waals surface area contributed by atoms with Crippen molar-refractivity contribution in [1.82, 2.24) is 4.98 Å². The van der Waals surface area contributed by atoms with Crippen molar-refractivity contribution in [2.45, 2.75) is 17.8 Å². The van der Waals surface area contributed by atoms with Gasteiger partial charge in [-0.15, -0.1) is 13.2 Å². The van der Waals surface area contributed by atoms with Crippen molar-refractivity contribution in [3.63, 3.8) is 0 Å². The Morgan fingerprint density at radius 2 is 1.76 bits per heavy atom. The third-order valence-electron chi connectivity index (χ3n) is 5.53. The summed E-state index contributed by atoms with van der Waals surface area (Å²) in [6.45, 7) is 0.700. The molecule has 1 atom stereocenters. The molecule has 38 heavy (non-hydrogen) atoms. The van der Waals surface area contributed by atoms with Crippen molar-refractivity contribution < 1.29 is 41.3 Å². The van der Waals surface area contributed by atoms with Crippen LogP contribution in [0.25, 0.3) is 10.9 Å². The first-order valence-corrected chi connectivity index (χ1v) is 12.2. The Kier molecular flexibility index (Phi) is 8.58. The molecule has 0 aliphatic heterocycles. The van der Waals surface area contributed by atoms with Gasteiger partial charge in [-0.3, -0.25) is 4.79 Å². The molecule has 4 rings (SSSR count). The number of rotatable bonds is 11. The van der Waals surface area contributed by atoms with Crippen LogP contribution in [0.5, 0.6) is 17.2 Å². The lowest BCUT2D eigenvalue weighted by Gasteiger charge is -2.16. The summed E-state index contributed by atoms with van der Waals surface area (Å²) in [6.07, 6.45) is -3.58. The molecule has 0 amide bonds. The van der Waals surface area contributed by atoms with Gasteiger partial charge in [0.15, 0.2) is 17.3 Å². The molecular formula is C27H22BrF4NO5. The highest BCUT2D eigenvalue weighted by atomic mass is 79.9. The number of Topliss-reactive ketones (excluding diaryl/α,β-unsaturated/α-hetero) is 1. The van der Waals surface area contributed by atoms with Crippen LogP contribution < -0.4 is 14.2 Å². The maximum absolute atomic E-state index is 14.0. The molecule has 0 radical (unpaired) electrons. The van der Waals surface area contributed by atoms with E-state index in [4.69, 9.17) is 14.2 Å². The van der Waals surface area contributed by atoms with Gasteiger partial charge in [0.25, 0.3) is 0 Å². The fourth-order valence-electron chi connectivity index (χ4n) is 3.79. The average molecular weight is 596 g/mol. The second kappa shape index (κ2) is 11.9. The summed E-state index contributed by atoms with van der Waals surface area (Å²) in [7, 11) is 1.21. The molecule has 200 valence electrons. The largest absolute Gasteiger partial charge is 0.573 e. The van der Waals surface area contributed by atoms with Crippen LogP contribution in [0.3, 0.4) is 0 Å². The zero-order valence-corrected chi connectivity index (χ0v) is 21.6. The smallest absolute Gasteiger partial charge is 0.493 e. The number of nitrogens with one attached hydrogen (secondary N) is 1. The number of aromatic amines is 1. The van der Waals surface area contributed by atoms with Crippen LogP contribution in [0.15, 0.2) is 66.9 Å². The highest BCUT2D eigenvalue weighted by molar-refractivity contribution is 9.09. The van der Waals surface area contributed by atoms with Gasteiger partial charge in [0.2, 0.25) is 0 Å². The van der Waals surface area contributed by atoms with Crippen molar-refractivity contribution >= 4 is 32.6 Å². The summed E-state index contributed by atoms with van der Waals surface area (Å²) < 4.78 is 73.1. The highest BCUT2D eigenvalue weighted by Gasteiger charge is 2.33. The number of benzene rings is 3. The van der Waals surface area contributed by atoms with Crippen LogP contribution in [-0.4, -0.2) is 37.5 Å². The molecule has 1 aromatic heterocycles. The van der Waals surface area contributed by atoms with Crippen LogP contribution in [-0.2, 0) is 11.3 Å². The molecule has 0 saturated heterocycles. The Balaban J connectivity index is 1.52. The minimum absolute atomic E-state index is 0.0954. The zero-order chi connectivity index (χ0) is 27.3. The van der Waals surface area contributed by atoms with E-state index >= 15 is 0 Å². The number of H-pyrrole nitrogens is 1. The van der Waals surface area contributed by atoms with E-state index in [0.29, 0.717) is 17.7 Å². The lowest BCUT2D eigenvalue weighted by molar-refractivity contribution is -0.275. The van der Waals surface area contributed by atoms with Crippen molar-refractivity contribution in [1.29, 1.82) is 0 Å². The fraction of sp³-hybridized carbons (Fsp3) is 0.222. The van der Waals surface area contributed by atoms with E-state index in [-0.39, 0.29) is 35.7 Å². The zero-order valence-electron chi connectivity index (χ0n) is 20.0. The normalized spacial score (nSPS) is 12.4. The summed E-state index contributed by atoms with van der Waals surface area (Å²) in [5, 5.41) is 0.193. The number of halogens is 5. The molecule has 6 nitrogen and oxygen atoms in total. The maximum Gasteiger partial charge on any atom is 0.573 e. The number of fused-ring (bicyclic) bond motifs is 1. The summed E-state index contributed by atoms with van der Waals surface area (Å²) in [6, 6.07) is 15.7. The Hall–Kier alpha value is -3.57. The van der Waals surface area contributed by atoms with Crippen LogP contribution in [0.2, 0.25) is 0 Å². The van der Waals surface area contributed by atoms with Crippen LogP contribution in [0.1, 0.15) is 26.3 Å². The quantitative estimate of drug-likeness (QED) is 0.0864. The molecule has 0 fully saturated rings. The van der Waals surface area contributed by atoms with Crippen molar-refractivity contribution in [2.24, 2.45) is 0 Å². The van der Waals surface area contributed by atoms with Gasteiger partial charge in [-0.1, -0.05) is 52.3 Å². The molecule has 0 saturated carbocycles. The van der Waals surface area contributed by atoms with Crippen LogP contribution in [0, 0.1) is 5.82 Å². The van der Waals surface area contributed by atoms with Crippen LogP contribution >= 0.6 is 15.9 Å². The minimum atomic E-state index is -4.95. The van der Waals surface area contributed by atoms with E-state index in [2.05, 4.69) is 25.7 Å². The van der Waals surface area contributed by atoms with Gasteiger partial charge >= 0.3 is 6.36 Å². The number of hydrogen-bond acceptors (Lipinski definition) is 5. The Morgan fingerprint density at radius 3 is 2.47 bits per heavy atom. The highest BCUT2D eigenvalue weighted by Crippen LogP contribution is 2.40. The molecular weight excluding hydrogens is 574 g/mol. The van der Waals surface area contributed by atoms with Crippen molar-refractivity contribution in [3.8, 4) is 17.2 Å². The first kappa shape index (κ1) is 27.5. The molecule has 0 spiro atoms. The van der Waals surface area contributed by atoms with E-state index in [1.807, 2.05) is 30.3 Å². The third-order valence-corrected chi connectivity index (χ3v) is 6.44. The number of aromatic nitrogens is 1. The van der Waals surface area contributed by atoms with E-state index in [1.54, 1.807) is 0 Å². The molecule has 0 aliphatic carbocycles. The Bertz CT molecular complexity index is 1410. The average Bonchev–Trinajstić information content (AvgIpc) is 3.29. The standard InChI is InChI=1S/C27H22BrF4NO5/c1-35-23-13-21-19(12-24(23)38-27(30,31)32)20(14-33-21)26(34)25(28)18-8-7-17(29)11-22(18)37-10-9-36-15-16-5-3-2-4-6-16/h2-8,11-14,25,33H,9-10,15H2,1H3. The maximum atomic E-state index is 14.0.